The average Bonchev–Trinajstić information content (AvgIpc) is 2.40. The first kappa shape index (κ1) is 18.0. The molecule has 0 fully saturated rings. The first-order chi connectivity index (χ1) is 9.81. The first-order valence-electron chi connectivity index (χ1n) is 7.52. The van der Waals surface area contributed by atoms with E-state index in [1.165, 1.54) is 0 Å². The summed E-state index contributed by atoms with van der Waals surface area (Å²) in [4.78, 5) is 0. The third-order valence-corrected chi connectivity index (χ3v) is 5.62. The minimum absolute atomic E-state index is 0.0205. The Kier molecular flexibility index (Phi) is 6.68. The van der Waals surface area contributed by atoms with E-state index >= 15 is 0 Å². The van der Waals surface area contributed by atoms with Crippen LogP contribution < -0.4 is 10.1 Å². The zero-order valence-corrected chi connectivity index (χ0v) is 14.5. The van der Waals surface area contributed by atoms with Crippen LogP contribution in [0.1, 0.15) is 51.8 Å². The molecule has 1 aromatic rings. The summed E-state index contributed by atoms with van der Waals surface area (Å²) < 4.78 is 30.0. The van der Waals surface area contributed by atoms with Crippen LogP contribution in [0, 0.1) is 0 Å². The summed E-state index contributed by atoms with van der Waals surface area (Å²) in [6.07, 6.45) is 0. The van der Waals surface area contributed by atoms with E-state index in [-0.39, 0.29) is 17.0 Å². The number of benzene rings is 1. The van der Waals surface area contributed by atoms with Crippen molar-refractivity contribution in [2.24, 2.45) is 0 Å². The molecule has 0 amide bonds. The number of hydrogen-bond acceptors (Lipinski definition) is 4. The maximum Gasteiger partial charge on any atom is 0.156 e. The highest BCUT2D eigenvalue weighted by molar-refractivity contribution is 7.91. The monoisotopic (exact) mass is 313 g/mol. The lowest BCUT2D eigenvalue weighted by Gasteiger charge is -2.17. The quantitative estimate of drug-likeness (QED) is 0.801. The van der Waals surface area contributed by atoms with Gasteiger partial charge in [-0.25, -0.2) is 8.42 Å². The van der Waals surface area contributed by atoms with Crippen molar-refractivity contribution in [3.63, 3.8) is 0 Å². The predicted octanol–water partition coefficient (Wildman–Crippen LogP) is 3.08. The lowest BCUT2D eigenvalue weighted by molar-refractivity contribution is 0.337. The van der Waals surface area contributed by atoms with Gasteiger partial charge in [-0.05, 0) is 51.9 Å². The smallest absolute Gasteiger partial charge is 0.156 e. The van der Waals surface area contributed by atoms with Crippen molar-refractivity contribution in [1.29, 1.82) is 0 Å². The molecule has 0 saturated carbocycles. The standard InChI is InChI=1S/C16H27NO3S/c1-6-17-13(5)14-8-9-16(20-7-2)15(10-14)11-21(18,19)12(3)4/h8-10,12-13,17H,6-7,11H2,1-5H3. The molecule has 0 aliphatic carbocycles. The van der Waals surface area contributed by atoms with Gasteiger partial charge < -0.3 is 10.1 Å². The van der Waals surface area contributed by atoms with Crippen LogP contribution in [-0.2, 0) is 15.6 Å². The van der Waals surface area contributed by atoms with Crippen LogP contribution >= 0.6 is 0 Å². The van der Waals surface area contributed by atoms with Gasteiger partial charge in [0.15, 0.2) is 9.84 Å². The molecule has 21 heavy (non-hydrogen) atoms. The minimum Gasteiger partial charge on any atom is -0.494 e. The third kappa shape index (κ3) is 5.00. The van der Waals surface area contributed by atoms with Crippen molar-refractivity contribution in [3.8, 4) is 5.75 Å². The maximum absolute atomic E-state index is 12.2. The topological polar surface area (TPSA) is 55.4 Å². The Bertz CT molecular complexity index is 553. The van der Waals surface area contributed by atoms with Crippen LogP contribution in [0.15, 0.2) is 18.2 Å². The van der Waals surface area contributed by atoms with Gasteiger partial charge in [0.25, 0.3) is 0 Å². The molecule has 1 N–H and O–H groups in total. The Labute approximate surface area is 128 Å². The molecule has 5 heteroatoms. The average molecular weight is 313 g/mol. The number of ether oxygens (including phenoxy) is 1. The van der Waals surface area contributed by atoms with Crippen LogP contribution in [0.3, 0.4) is 0 Å². The second-order valence-corrected chi connectivity index (χ2v) is 7.99. The molecule has 0 aromatic heterocycles. The van der Waals surface area contributed by atoms with Gasteiger partial charge in [0.05, 0.1) is 17.6 Å². The fourth-order valence-corrected chi connectivity index (χ4v) is 3.08. The summed E-state index contributed by atoms with van der Waals surface area (Å²) in [7, 11) is -3.15. The molecular formula is C16H27NO3S. The van der Waals surface area contributed by atoms with Crippen LogP contribution in [0.25, 0.3) is 0 Å². The van der Waals surface area contributed by atoms with Crippen molar-refractivity contribution in [1.82, 2.24) is 5.32 Å². The van der Waals surface area contributed by atoms with E-state index in [1.54, 1.807) is 13.8 Å². The summed E-state index contributed by atoms with van der Waals surface area (Å²) in [5.41, 5.74) is 1.82. The molecule has 0 bridgehead atoms. The summed E-state index contributed by atoms with van der Waals surface area (Å²) in [6.45, 7) is 10.8. The second kappa shape index (κ2) is 7.80. The minimum atomic E-state index is -3.15. The van der Waals surface area contributed by atoms with Crippen LogP contribution in [0.2, 0.25) is 0 Å². The lowest BCUT2D eigenvalue weighted by Crippen LogP contribution is -2.19. The number of sulfone groups is 1. The second-order valence-electron chi connectivity index (χ2n) is 5.44. The molecule has 120 valence electrons. The summed E-state index contributed by atoms with van der Waals surface area (Å²) in [6, 6.07) is 5.99. The van der Waals surface area contributed by atoms with E-state index in [0.29, 0.717) is 12.4 Å². The molecular weight excluding hydrogens is 286 g/mol. The van der Waals surface area contributed by atoms with Gasteiger partial charge in [-0.3, -0.25) is 0 Å². The van der Waals surface area contributed by atoms with Crippen molar-refractivity contribution in [2.75, 3.05) is 13.2 Å². The molecule has 0 saturated heterocycles. The van der Waals surface area contributed by atoms with Crippen molar-refractivity contribution in [2.45, 2.75) is 51.7 Å². The van der Waals surface area contributed by atoms with Gasteiger partial charge >= 0.3 is 0 Å². The zero-order chi connectivity index (χ0) is 16.0. The van der Waals surface area contributed by atoms with Crippen molar-refractivity contribution < 1.29 is 13.2 Å². The molecule has 1 rings (SSSR count). The SMILES string of the molecule is CCNC(C)c1ccc(OCC)c(CS(=O)(=O)C(C)C)c1. The van der Waals surface area contributed by atoms with Crippen LogP contribution in [0.5, 0.6) is 5.75 Å². The van der Waals surface area contributed by atoms with Gasteiger partial charge in [0.2, 0.25) is 0 Å². The molecule has 1 aromatic carbocycles. The molecule has 0 radical (unpaired) electrons. The van der Waals surface area contributed by atoms with E-state index in [1.807, 2.05) is 25.1 Å². The molecule has 4 nitrogen and oxygen atoms in total. The Hall–Kier alpha value is -1.07. The highest BCUT2D eigenvalue weighted by Gasteiger charge is 2.20. The molecule has 1 atom stereocenters. The van der Waals surface area contributed by atoms with Crippen LogP contribution in [-0.4, -0.2) is 26.8 Å². The fraction of sp³-hybridized carbons (Fsp3) is 0.625. The van der Waals surface area contributed by atoms with E-state index in [0.717, 1.165) is 17.7 Å². The maximum atomic E-state index is 12.2. The predicted molar refractivity (Wildman–Crippen MR) is 87.5 cm³/mol. The molecule has 0 aliphatic heterocycles. The van der Waals surface area contributed by atoms with Crippen LogP contribution in [0.4, 0.5) is 0 Å². The van der Waals surface area contributed by atoms with E-state index in [9.17, 15) is 8.42 Å². The Balaban J connectivity index is 3.15. The summed E-state index contributed by atoms with van der Waals surface area (Å²) >= 11 is 0. The fourth-order valence-electron chi connectivity index (χ4n) is 2.09. The van der Waals surface area contributed by atoms with E-state index in [4.69, 9.17) is 4.74 Å². The molecule has 0 heterocycles. The largest absolute Gasteiger partial charge is 0.494 e. The zero-order valence-electron chi connectivity index (χ0n) is 13.6. The Morgan fingerprint density at radius 1 is 1.19 bits per heavy atom. The third-order valence-electron chi connectivity index (χ3n) is 3.47. The molecule has 0 aliphatic rings. The van der Waals surface area contributed by atoms with Crippen molar-refractivity contribution in [3.05, 3.63) is 29.3 Å². The van der Waals surface area contributed by atoms with Crippen molar-refractivity contribution >= 4 is 9.84 Å². The van der Waals surface area contributed by atoms with Gasteiger partial charge in [-0.1, -0.05) is 13.0 Å². The van der Waals surface area contributed by atoms with E-state index < -0.39 is 9.84 Å². The number of hydrogen-bond donors (Lipinski definition) is 1. The summed E-state index contributed by atoms with van der Waals surface area (Å²) in [5.74, 6) is 0.682. The number of rotatable bonds is 8. The van der Waals surface area contributed by atoms with Gasteiger partial charge in [0.1, 0.15) is 5.75 Å². The van der Waals surface area contributed by atoms with Gasteiger partial charge in [0, 0.05) is 11.6 Å². The highest BCUT2D eigenvalue weighted by atomic mass is 32.2. The van der Waals surface area contributed by atoms with Gasteiger partial charge in [-0.15, -0.1) is 0 Å². The van der Waals surface area contributed by atoms with E-state index in [2.05, 4.69) is 19.2 Å². The Morgan fingerprint density at radius 3 is 2.38 bits per heavy atom. The molecule has 1 unspecified atom stereocenters. The Morgan fingerprint density at radius 2 is 1.86 bits per heavy atom. The van der Waals surface area contributed by atoms with Gasteiger partial charge in [-0.2, -0.15) is 0 Å². The number of nitrogens with one attached hydrogen (secondary N) is 1. The summed E-state index contributed by atoms with van der Waals surface area (Å²) in [5, 5.41) is 2.95. The first-order valence-corrected chi connectivity index (χ1v) is 9.23. The highest BCUT2D eigenvalue weighted by Crippen LogP contribution is 2.26. The normalized spacial score (nSPS) is 13.4. The lowest BCUT2D eigenvalue weighted by atomic mass is 10.0. The molecule has 0 spiro atoms.